The summed E-state index contributed by atoms with van der Waals surface area (Å²) in [5, 5.41) is 10.00. The zero-order valence-corrected chi connectivity index (χ0v) is 23.4. The van der Waals surface area contributed by atoms with Gasteiger partial charge in [-0.25, -0.2) is 4.39 Å². The molecule has 40 heavy (non-hydrogen) atoms. The predicted octanol–water partition coefficient (Wildman–Crippen LogP) is 7.31. The first kappa shape index (κ1) is 28.9. The van der Waals surface area contributed by atoms with E-state index in [2.05, 4.69) is 0 Å². The Morgan fingerprint density at radius 2 is 1.70 bits per heavy atom. The van der Waals surface area contributed by atoms with Crippen LogP contribution in [-0.4, -0.2) is 40.6 Å². The fourth-order valence-corrected chi connectivity index (χ4v) is 7.41. The molecule has 2 fully saturated rings. The number of carbonyl (C=O) groups excluding carboxylic acids is 1. The van der Waals surface area contributed by atoms with E-state index in [9.17, 15) is 32.3 Å². The third-order valence-corrected chi connectivity index (χ3v) is 10.1. The average molecular weight is 580 g/mol. The predicted molar refractivity (Wildman–Crippen MR) is 144 cm³/mol. The fraction of sp³-hybridized carbons (Fsp3) is 0.548. The molecule has 4 nitrogen and oxygen atoms in total. The van der Waals surface area contributed by atoms with Crippen LogP contribution < -0.4 is 0 Å². The van der Waals surface area contributed by atoms with Crippen LogP contribution in [0, 0.1) is 18.8 Å². The molecule has 3 atom stereocenters. The van der Waals surface area contributed by atoms with Gasteiger partial charge in [0.05, 0.1) is 5.92 Å². The minimum Gasteiger partial charge on any atom is -0.481 e. The molecule has 9 heteroatoms. The summed E-state index contributed by atoms with van der Waals surface area (Å²) in [6.45, 7) is 2.99. The third-order valence-electron chi connectivity index (χ3n) is 9.67. The molecule has 3 aliphatic rings. The van der Waals surface area contributed by atoms with Gasteiger partial charge in [0.25, 0.3) is 0 Å². The van der Waals surface area contributed by atoms with E-state index >= 15 is 0 Å². The topological polar surface area (TPSA) is 57.6 Å². The maximum atomic E-state index is 14.9. The molecule has 1 saturated heterocycles. The molecule has 5 rings (SSSR count). The number of aliphatic carboxylic acids is 1. The third kappa shape index (κ3) is 4.90. The minimum absolute atomic E-state index is 0.0384. The monoisotopic (exact) mass is 579 g/mol. The van der Waals surface area contributed by atoms with Crippen molar-refractivity contribution in [3.05, 3.63) is 69.2 Å². The Morgan fingerprint density at radius 3 is 2.33 bits per heavy atom. The van der Waals surface area contributed by atoms with E-state index in [4.69, 9.17) is 11.6 Å². The highest BCUT2D eigenvalue weighted by atomic mass is 35.5. The maximum absolute atomic E-state index is 14.9. The number of alkyl halides is 4. The number of benzene rings is 2. The van der Waals surface area contributed by atoms with E-state index in [1.807, 2.05) is 30.0 Å². The molecule has 2 aromatic carbocycles. The van der Waals surface area contributed by atoms with Gasteiger partial charge in [-0.05, 0) is 99.1 Å². The second-order valence-electron chi connectivity index (χ2n) is 12.0. The van der Waals surface area contributed by atoms with Crippen molar-refractivity contribution < 1.29 is 32.3 Å². The van der Waals surface area contributed by atoms with Gasteiger partial charge >= 0.3 is 12.1 Å². The highest BCUT2D eigenvalue weighted by Crippen LogP contribution is 2.51. The number of amides is 1. The minimum atomic E-state index is -5.03. The van der Waals surface area contributed by atoms with Crippen molar-refractivity contribution in [2.24, 2.45) is 11.8 Å². The standard InChI is InChI=1S/C31H34ClF4NO3/c1-18-15-19(3-11-25(18)32)17-30-13-14-37(27(38)20-4-6-21(7-5-20)28(39)40)26(30)12-8-22-16-23(9-10-24(22)30)29(2,33)31(34,35)36/h3,9-11,15-16,20-21,26H,4-8,12-14,17H2,1-2H3,(H,39,40)/t20-,21-,26?,29?,30?. The summed E-state index contributed by atoms with van der Waals surface area (Å²) in [6, 6.07) is 9.90. The number of hydrogen-bond acceptors (Lipinski definition) is 2. The quantitative estimate of drug-likeness (QED) is 0.378. The number of carboxylic acids is 1. The Kier molecular flexibility index (Phi) is 7.47. The Labute approximate surface area is 236 Å². The lowest BCUT2D eigenvalue weighted by Gasteiger charge is -2.45. The van der Waals surface area contributed by atoms with Gasteiger partial charge in [0, 0.05) is 28.9 Å². The summed E-state index contributed by atoms with van der Waals surface area (Å²) in [5.41, 5.74) is -0.900. The number of carbonyl (C=O) groups is 2. The molecule has 1 saturated carbocycles. The Bertz CT molecular complexity index is 1320. The summed E-state index contributed by atoms with van der Waals surface area (Å²) >= 11 is 6.27. The van der Waals surface area contributed by atoms with Crippen LogP contribution in [0.2, 0.25) is 5.02 Å². The second-order valence-corrected chi connectivity index (χ2v) is 12.4. The van der Waals surface area contributed by atoms with Gasteiger partial charge in [-0.1, -0.05) is 41.9 Å². The molecule has 0 aromatic heterocycles. The summed E-state index contributed by atoms with van der Waals surface area (Å²) in [4.78, 5) is 27.2. The van der Waals surface area contributed by atoms with Crippen LogP contribution in [0.1, 0.15) is 73.3 Å². The molecule has 1 N–H and O–H groups in total. The van der Waals surface area contributed by atoms with E-state index in [1.165, 1.54) is 12.1 Å². The van der Waals surface area contributed by atoms with Crippen LogP contribution in [-0.2, 0) is 33.5 Å². The van der Waals surface area contributed by atoms with Crippen molar-refractivity contribution in [1.82, 2.24) is 4.90 Å². The fourth-order valence-electron chi connectivity index (χ4n) is 7.29. The zero-order chi connectivity index (χ0) is 29.0. The van der Waals surface area contributed by atoms with E-state index < -0.39 is 34.7 Å². The van der Waals surface area contributed by atoms with Gasteiger partial charge in [0.1, 0.15) is 0 Å². The summed E-state index contributed by atoms with van der Waals surface area (Å²) < 4.78 is 55.5. The van der Waals surface area contributed by atoms with E-state index in [-0.39, 0.29) is 17.9 Å². The van der Waals surface area contributed by atoms with Crippen LogP contribution >= 0.6 is 11.6 Å². The van der Waals surface area contributed by atoms with Crippen LogP contribution in [0.5, 0.6) is 0 Å². The zero-order valence-electron chi connectivity index (χ0n) is 22.7. The van der Waals surface area contributed by atoms with Crippen molar-refractivity contribution >= 4 is 23.5 Å². The summed E-state index contributed by atoms with van der Waals surface area (Å²) in [7, 11) is 0. The van der Waals surface area contributed by atoms with Crippen molar-refractivity contribution in [2.75, 3.05) is 6.54 Å². The van der Waals surface area contributed by atoms with Crippen LogP contribution in [0.3, 0.4) is 0 Å². The molecular formula is C31H34ClF4NO3. The van der Waals surface area contributed by atoms with Crippen molar-refractivity contribution in [2.45, 2.75) is 88.5 Å². The molecular weight excluding hydrogens is 546 g/mol. The number of carboxylic acid groups (broad SMARTS) is 1. The summed E-state index contributed by atoms with van der Waals surface area (Å²) in [6.07, 6.45) is -0.791. The molecule has 1 amide bonds. The number of rotatable bonds is 5. The largest absolute Gasteiger partial charge is 0.481 e. The maximum Gasteiger partial charge on any atom is 0.426 e. The van der Waals surface area contributed by atoms with Crippen LogP contribution in [0.4, 0.5) is 17.6 Å². The molecule has 0 radical (unpaired) electrons. The first-order valence-electron chi connectivity index (χ1n) is 13.9. The second kappa shape index (κ2) is 10.3. The Balaban J connectivity index is 1.51. The van der Waals surface area contributed by atoms with Crippen LogP contribution in [0.25, 0.3) is 0 Å². The summed E-state index contributed by atoms with van der Waals surface area (Å²) in [5.74, 6) is -1.42. The molecule has 216 valence electrons. The number of hydrogen-bond donors (Lipinski definition) is 1. The lowest BCUT2D eigenvalue weighted by molar-refractivity contribution is -0.228. The van der Waals surface area contributed by atoms with Crippen molar-refractivity contribution in [3.8, 4) is 0 Å². The number of likely N-dealkylation sites (tertiary alicyclic amines) is 1. The Morgan fingerprint density at radius 1 is 1.02 bits per heavy atom. The van der Waals surface area contributed by atoms with Gasteiger partial charge < -0.3 is 10.0 Å². The van der Waals surface area contributed by atoms with Gasteiger partial charge in [-0.3, -0.25) is 9.59 Å². The number of aryl methyl sites for hydroxylation is 2. The number of nitrogens with zero attached hydrogens (tertiary/aromatic N) is 1. The van der Waals surface area contributed by atoms with E-state index in [0.29, 0.717) is 75.4 Å². The molecule has 2 aromatic rings. The van der Waals surface area contributed by atoms with Gasteiger partial charge in [0.2, 0.25) is 11.6 Å². The van der Waals surface area contributed by atoms with Crippen molar-refractivity contribution in [3.63, 3.8) is 0 Å². The van der Waals surface area contributed by atoms with Crippen LogP contribution in [0.15, 0.2) is 36.4 Å². The number of halogens is 5. The molecule has 0 bridgehead atoms. The molecule has 2 aliphatic carbocycles. The van der Waals surface area contributed by atoms with Gasteiger partial charge in [0.15, 0.2) is 0 Å². The van der Waals surface area contributed by atoms with E-state index in [0.717, 1.165) is 16.7 Å². The molecule has 3 unspecified atom stereocenters. The highest BCUT2D eigenvalue weighted by molar-refractivity contribution is 6.31. The van der Waals surface area contributed by atoms with Crippen molar-refractivity contribution in [1.29, 1.82) is 0 Å². The Hall–Kier alpha value is -2.61. The molecule has 0 spiro atoms. The highest BCUT2D eigenvalue weighted by Gasteiger charge is 2.56. The first-order chi connectivity index (χ1) is 18.7. The molecule has 1 heterocycles. The SMILES string of the molecule is Cc1cc(CC23CCN(C(=O)[C@H]4CC[C@H](C(=O)O)CC4)C2CCc2cc(C(C)(F)C(F)(F)F)ccc23)ccc1Cl. The lowest BCUT2D eigenvalue weighted by Crippen LogP contribution is -2.51. The van der Waals surface area contributed by atoms with Gasteiger partial charge in [-0.15, -0.1) is 0 Å². The van der Waals surface area contributed by atoms with Gasteiger partial charge in [-0.2, -0.15) is 13.2 Å². The normalized spacial score (nSPS) is 28.0. The number of fused-ring (bicyclic) bond motifs is 3. The molecule has 1 aliphatic heterocycles. The lowest BCUT2D eigenvalue weighted by atomic mass is 9.63. The average Bonchev–Trinajstić information content (AvgIpc) is 3.28. The van der Waals surface area contributed by atoms with E-state index in [1.54, 1.807) is 6.07 Å². The first-order valence-corrected chi connectivity index (χ1v) is 14.3. The smallest absolute Gasteiger partial charge is 0.426 e.